The van der Waals surface area contributed by atoms with Crippen LogP contribution in [0.15, 0.2) is 24.3 Å². The van der Waals surface area contributed by atoms with Crippen LogP contribution in [0, 0.1) is 17.8 Å². The molecule has 1 fully saturated rings. The molecule has 0 bridgehead atoms. The lowest BCUT2D eigenvalue weighted by Gasteiger charge is -2.31. The molecule has 1 aliphatic rings. The molecule has 0 N–H and O–H groups in total. The molecule has 0 aromatic heterocycles. The average molecular weight is 600 g/mol. The Bertz CT molecular complexity index is 627. The Balaban J connectivity index is 2.23. The molecule has 0 saturated carbocycles. The highest BCUT2D eigenvalue weighted by Crippen LogP contribution is 2.32. The SMILES string of the molecule is C=C(CCCCCCCCC(CCCCCCCCC)CC(=C)C1CCN(C)CC1)CCC(CCCC)CCCCCC. The third kappa shape index (κ3) is 23.4. The summed E-state index contributed by atoms with van der Waals surface area (Å²) in [7, 11) is 2.28. The average Bonchev–Trinajstić information content (AvgIpc) is 3.01. The quantitative estimate of drug-likeness (QED) is 0.0566. The van der Waals surface area contributed by atoms with Crippen LogP contribution in [0.4, 0.5) is 0 Å². The van der Waals surface area contributed by atoms with Crippen LogP contribution in [0.2, 0.25) is 0 Å². The number of nitrogens with zero attached hydrogens (tertiary/aromatic N) is 1. The molecule has 1 heterocycles. The summed E-state index contributed by atoms with van der Waals surface area (Å²) in [4.78, 5) is 2.50. The molecule has 1 rings (SSSR count). The van der Waals surface area contributed by atoms with Gasteiger partial charge in [-0.3, -0.25) is 0 Å². The number of rotatable bonds is 31. The van der Waals surface area contributed by atoms with Gasteiger partial charge in [0.2, 0.25) is 0 Å². The molecule has 0 amide bonds. The Morgan fingerprint density at radius 2 is 0.977 bits per heavy atom. The van der Waals surface area contributed by atoms with E-state index in [0.717, 1.165) is 17.8 Å². The Labute approximate surface area is 273 Å². The molecule has 1 saturated heterocycles. The van der Waals surface area contributed by atoms with Gasteiger partial charge in [0.25, 0.3) is 0 Å². The normalized spacial score (nSPS) is 16.0. The molecule has 2 unspecified atom stereocenters. The number of unbranched alkanes of at least 4 members (excludes halogenated alkanes) is 15. The largest absolute Gasteiger partial charge is 0.306 e. The number of piperidine rings is 1. The topological polar surface area (TPSA) is 3.24 Å². The fourth-order valence-electron chi connectivity index (χ4n) is 7.53. The van der Waals surface area contributed by atoms with Crippen molar-refractivity contribution in [2.75, 3.05) is 20.1 Å². The maximum atomic E-state index is 4.64. The first-order valence-corrected chi connectivity index (χ1v) is 20.0. The van der Waals surface area contributed by atoms with Gasteiger partial charge in [-0.1, -0.05) is 186 Å². The van der Waals surface area contributed by atoms with Crippen LogP contribution in [0.25, 0.3) is 0 Å². The van der Waals surface area contributed by atoms with Crippen LogP contribution in [0.3, 0.4) is 0 Å². The molecule has 2 atom stereocenters. The fourth-order valence-corrected chi connectivity index (χ4v) is 7.53. The van der Waals surface area contributed by atoms with E-state index in [4.69, 9.17) is 0 Å². The van der Waals surface area contributed by atoms with E-state index in [1.165, 1.54) is 205 Å². The second kappa shape index (κ2) is 28.9. The van der Waals surface area contributed by atoms with Crippen LogP contribution >= 0.6 is 0 Å². The van der Waals surface area contributed by atoms with Gasteiger partial charge in [-0.2, -0.15) is 0 Å². The molecule has 0 aromatic rings. The summed E-state index contributed by atoms with van der Waals surface area (Å²) in [6.07, 6.45) is 40.7. The lowest BCUT2D eigenvalue weighted by atomic mass is 9.81. The summed E-state index contributed by atoms with van der Waals surface area (Å²) in [5, 5.41) is 0. The minimum absolute atomic E-state index is 0.788. The monoisotopic (exact) mass is 600 g/mol. The molecule has 43 heavy (non-hydrogen) atoms. The van der Waals surface area contributed by atoms with Crippen molar-refractivity contribution in [3.05, 3.63) is 24.3 Å². The van der Waals surface area contributed by atoms with E-state index in [0.29, 0.717) is 0 Å². The van der Waals surface area contributed by atoms with E-state index in [2.05, 4.69) is 45.9 Å². The van der Waals surface area contributed by atoms with E-state index >= 15 is 0 Å². The van der Waals surface area contributed by atoms with Crippen molar-refractivity contribution < 1.29 is 0 Å². The first-order chi connectivity index (χ1) is 21.0. The van der Waals surface area contributed by atoms with Crippen molar-refractivity contribution in [2.45, 2.75) is 207 Å². The second-order valence-electron chi connectivity index (χ2n) is 15.0. The molecular formula is C42H81N. The predicted octanol–water partition coefficient (Wildman–Crippen LogP) is 14.3. The van der Waals surface area contributed by atoms with Gasteiger partial charge in [0.1, 0.15) is 0 Å². The van der Waals surface area contributed by atoms with E-state index in [9.17, 15) is 0 Å². The summed E-state index contributed by atoms with van der Waals surface area (Å²) < 4.78 is 0. The molecule has 0 aliphatic carbocycles. The third-order valence-electron chi connectivity index (χ3n) is 10.8. The summed E-state index contributed by atoms with van der Waals surface area (Å²) in [5.41, 5.74) is 3.13. The summed E-state index contributed by atoms with van der Waals surface area (Å²) in [5.74, 6) is 2.62. The van der Waals surface area contributed by atoms with Crippen LogP contribution in [0.1, 0.15) is 207 Å². The van der Waals surface area contributed by atoms with Gasteiger partial charge in [-0.15, -0.1) is 0 Å². The predicted molar refractivity (Wildman–Crippen MR) is 197 cm³/mol. The van der Waals surface area contributed by atoms with Crippen LogP contribution in [-0.4, -0.2) is 25.0 Å². The Morgan fingerprint density at radius 3 is 1.53 bits per heavy atom. The summed E-state index contributed by atoms with van der Waals surface area (Å²) in [6, 6.07) is 0. The molecule has 1 nitrogen and oxygen atoms in total. The van der Waals surface area contributed by atoms with E-state index in [-0.39, 0.29) is 0 Å². The third-order valence-corrected chi connectivity index (χ3v) is 10.8. The van der Waals surface area contributed by atoms with Gasteiger partial charge in [0.05, 0.1) is 0 Å². The lowest BCUT2D eigenvalue weighted by Crippen LogP contribution is -2.31. The van der Waals surface area contributed by atoms with Crippen LogP contribution in [-0.2, 0) is 0 Å². The highest BCUT2D eigenvalue weighted by Gasteiger charge is 2.21. The van der Waals surface area contributed by atoms with E-state index < -0.39 is 0 Å². The fraction of sp³-hybridized carbons (Fsp3) is 0.905. The zero-order chi connectivity index (χ0) is 31.4. The van der Waals surface area contributed by atoms with Crippen LogP contribution < -0.4 is 0 Å². The Kier molecular flexibility index (Phi) is 27.2. The zero-order valence-electron chi connectivity index (χ0n) is 30.5. The Hall–Kier alpha value is -0.560. The molecule has 1 aliphatic heterocycles. The van der Waals surface area contributed by atoms with Gasteiger partial charge < -0.3 is 4.90 Å². The number of hydrogen-bond acceptors (Lipinski definition) is 1. The first kappa shape index (κ1) is 40.5. The first-order valence-electron chi connectivity index (χ1n) is 20.0. The molecule has 0 radical (unpaired) electrons. The molecule has 0 spiro atoms. The van der Waals surface area contributed by atoms with Gasteiger partial charge in [-0.05, 0) is 82.8 Å². The minimum atomic E-state index is 0.788. The number of allylic oxidation sites excluding steroid dienone is 2. The molecule has 254 valence electrons. The zero-order valence-corrected chi connectivity index (χ0v) is 30.5. The van der Waals surface area contributed by atoms with Crippen molar-refractivity contribution in [3.63, 3.8) is 0 Å². The van der Waals surface area contributed by atoms with Gasteiger partial charge in [-0.25, -0.2) is 0 Å². The molecule has 0 aromatic carbocycles. The lowest BCUT2D eigenvalue weighted by molar-refractivity contribution is 0.232. The van der Waals surface area contributed by atoms with Gasteiger partial charge in [0, 0.05) is 0 Å². The van der Waals surface area contributed by atoms with Crippen molar-refractivity contribution in [1.29, 1.82) is 0 Å². The maximum Gasteiger partial charge on any atom is -0.00161 e. The highest BCUT2D eigenvalue weighted by atomic mass is 15.1. The van der Waals surface area contributed by atoms with Crippen molar-refractivity contribution in [3.8, 4) is 0 Å². The molecular weight excluding hydrogens is 518 g/mol. The summed E-state index contributed by atoms with van der Waals surface area (Å²) in [6.45, 7) is 18.6. The van der Waals surface area contributed by atoms with Crippen molar-refractivity contribution >= 4 is 0 Å². The number of likely N-dealkylation sites (tertiary alicyclic amines) is 1. The number of hydrogen-bond donors (Lipinski definition) is 0. The van der Waals surface area contributed by atoms with E-state index in [1.54, 1.807) is 5.57 Å². The van der Waals surface area contributed by atoms with Gasteiger partial charge in [0.15, 0.2) is 0 Å². The second-order valence-corrected chi connectivity index (χ2v) is 15.0. The highest BCUT2D eigenvalue weighted by molar-refractivity contribution is 5.03. The summed E-state index contributed by atoms with van der Waals surface area (Å²) >= 11 is 0. The standard InChI is InChI=1S/C42H81N/c1-7-10-13-15-16-20-24-29-41(37-39(5)42-33-35-43(6)36-34-42)30-25-21-18-17-19-22-26-38(4)31-32-40(27-12-9-3)28-23-14-11-8-2/h40-42H,4-5,7-37H2,1-3,6H3. The molecule has 1 heteroatoms. The van der Waals surface area contributed by atoms with Crippen molar-refractivity contribution in [1.82, 2.24) is 4.90 Å². The maximum absolute atomic E-state index is 4.64. The van der Waals surface area contributed by atoms with E-state index in [1.807, 2.05) is 0 Å². The van der Waals surface area contributed by atoms with Crippen LogP contribution in [0.5, 0.6) is 0 Å². The van der Waals surface area contributed by atoms with Gasteiger partial charge >= 0.3 is 0 Å². The van der Waals surface area contributed by atoms with Crippen molar-refractivity contribution in [2.24, 2.45) is 17.8 Å². The minimum Gasteiger partial charge on any atom is -0.306 e. The smallest absolute Gasteiger partial charge is 0.00161 e. The Morgan fingerprint density at radius 1 is 0.535 bits per heavy atom.